The van der Waals surface area contributed by atoms with Gasteiger partial charge in [0.25, 0.3) is 0 Å². The summed E-state index contributed by atoms with van der Waals surface area (Å²) in [5.41, 5.74) is 3.48. The fourth-order valence-electron chi connectivity index (χ4n) is 3.14. The lowest BCUT2D eigenvalue weighted by Gasteiger charge is -2.08. The molecule has 0 bridgehead atoms. The van der Waals surface area contributed by atoms with E-state index in [1.54, 1.807) is 0 Å². The monoisotopic (exact) mass is 379 g/mol. The number of unbranched alkanes of at least 4 members (excludes halogenated alkanes) is 5. The lowest BCUT2D eigenvalue weighted by atomic mass is 9.99. The van der Waals surface area contributed by atoms with Crippen molar-refractivity contribution in [3.8, 4) is 5.75 Å². The first-order valence-electron chi connectivity index (χ1n) is 11.1. The third kappa shape index (κ3) is 8.73. The van der Waals surface area contributed by atoms with Gasteiger partial charge in [0.2, 0.25) is 0 Å². The summed E-state index contributed by atoms with van der Waals surface area (Å²) in [5, 5.41) is 0. The van der Waals surface area contributed by atoms with Crippen LogP contribution in [0.3, 0.4) is 0 Å². The van der Waals surface area contributed by atoms with Gasteiger partial charge in [0.15, 0.2) is 0 Å². The first-order valence-corrected chi connectivity index (χ1v) is 11.1. The predicted molar refractivity (Wildman–Crippen MR) is 122 cm³/mol. The Morgan fingerprint density at radius 3 is 2.21 bits per heavy atom. The third-order valence-electron chi connectivity index (χ3n) is 5.23. The molecule has 2 nitrogen and oxygen atoms in total. The fourth-order valence-corrected chi connectivity index (χ4v) is 3.14. The number of benzene rings is 2. The van der Waals surface area contributed by atoms with Gasteiger partial charge in [-0.25, -0.2) is 0 Å². The molecule has 2 heteroatoms. The summed E-state index contributed by atoms with van der Waals surface area (Å²) in [5.74, 6) is 1.68. The second kappa shape index (κ2) is 13.1. The van der Waals surface area contributed by atoms with E-state index < -0.39 is 0 Å². The number of nitrogens with zero attached hydrogens (tertiary/aromatic N) is 1. The standard InChI is InChI=1S/C26H37NO/c1-4-6-7-8-9-10-19-28-26-17-13-24(14-18-26)21-27-25-15-11-23(12-16-25)20-22(3)5-2/h11-18,21-22H,4-10,19-20H2,1-3H3. The number of hydrogen-bond donors (Lipinski definition) is 0. The van der Waals surface area contributed by atoms with Crippen molar-refractivity contribution in [1.82, 2.24) is 0 Å². The van der Waals surface area contributed by atoms with Crippen LogP contribution in [0.4, 0.5) is 5.69 Å². The highest BCUT2D eigenvalue weighted by Crippen LogP contribution is 2.18. The summed E-state index contributed by atoms with van der Waals surface area (Å²) in [7, 11) is 0. The molecule has 0 spiro atoms. The van der Waals surface area contributed by atoms with E-state index in [4.69, 9.17) is 4.74 Å². The van der Waals surface area contributed by atoms with Crippen LogP contribution < -0.4 is 4.74 Å². The van der Waals surface area contributed by atoms with E-state index >= 15 is 0 Å². The Hall–Kier alpha value is -2.09. The molecule has 0 saturated heterocycles. The molecule has 0 aliphatic heterocycles. The number of rotatable bonds is 13. The average Bonchev–Trinajstić information content (AvgIpc) is 2.73. The molecular formula is C26H37NO. The minimum absolute atomic E-state index is 0.733. The normalized spacial score (nSPS) is 12.4. The summed E-state index contributed by atoms with van der Waals surface area (Å²) in [6.45, 7) is 7.60. The van der Waals surface area contributed by atoms with E-state index in [1.165, 1.54) is 44.1 Å². The highest BCUT2D eigenvalue weighted by atomic mass is 16.5. The molecule has 0 saturated carbocycles. The van der Waals surface area contributed by atoms with E-state index in [9.17, 15) is 0 Å². The SMILES string of the molecule is CCCCCCCCOc1ccc(C=Nc2ccc(CC(C)CC)cc2)cc1. The van der Waals surface area contributed by atoms with Gasteiger partial charge in [0.1, 0.15) is 5.75 Å². The molecule has 152 valence electrons. The van der Waals surface area contributed by atoms with E-state index in [2.05, 4.69) is 62.2 Å². The topological polar surface area (TPSA) is 21.6 Å². The molecular weight excluding hydrogens is 342 g/mol. The van der Waals surface area contributed by atoms with Crippen molar-refractivity contribution in [3.63, 3.8) is 0 Å². The zero-order valence-electron chi connectivity index (χ0n) is 18.0. The van der Waals surface area contributed by atoms with E-state index in [0.29, 0.717) is 0 Å². The Morgan fingerprint density at radius 2 is 1.54 bits per heavy atom. The fraction of sp³-hybridized carbons (Fsp3) is 0.500. The Balaban J connectivity index is 1.74. The lowest BCUT2D eigenvalue weighted by Crippen LogP contribution is -1.97. The maximum absolute atomic E-state index is 5.84. The van der Waals surface area contributed by atoms with Gasteiger partial charge in [-0.15, -0.1) is 0 Å². The van der Waals surface area contributed by atoms with Crippen molar-refractivity contribution in [2.75, 3.05) is 6.61 Å². The van der Waals surface area contributed by atoms with Gasteiger partial charge in [0.05, 0.1) is 12.3 Å². The zero-order chi connectivity index (χ0) is 20.0. The first kappa shape index (κ1) is 22.2. The van der Waals surface area contributed by atoms with Gasteiger partial charge in [-0.2, -0.15) is 0 Å². The highest BCUT2D eigenvalue weighted by molar-refractivity contribution is 5.82. The second-order valence-corrected chi connectivity index (χ2v) is 7.83. The molecule has 0 N–H and O–H groups in total. The zero-order valence-corrected chi connectivity index (χ0v) is 18.0. The molecule has 0 heterocycles. The summed E-state index contributed by atoms with van der Waals surface area (Å²) in [6.07, 6.45) is 12.0. The third-order valence-corrected chi connectivity index (χ3v) is 5.23. The van der Waals surface area contributed by atoms with Crippen molar-refractivity contribution in [2.24, 2.45) is 10.9 Å². The minimum Gasteiger partial charge on any atom is -0.494 e. The van der Waals surface area contributed by atoms with Gasteiger partial charge in [-0.1, -0.05) is 71.4 Å². The van der Waals surface area contributed by atoms with Crippen molar-refractivity contribution in [1.29, 1.82) is 0 Å². The van der Waals surface area contributed by atoms with Crippen molar-refractivity contribution in [2.45, 2.75) is 72.1 Å². The van der Waals surface area contributed by atoms with Crippen LogP contribution >= 0.6 is 0 Å². The van der Waals surface area contributed by atoms with Gasteiger partial charge in [-0.3, -0.25) is 4.99 Å². The highest BCUT2D eigenvalue weighted by Gasteiger charge is 2.01. The summed E-state index contributed by atoms with van der Waals surface area (Å²) < 4.78 is 5.84. The number of hydrogen-bond acceptors (Lipinski definition) is 2. The Bertz CT molecular complexity index is 673. The van der Waals surface area contributed by atoms with Gasteiger partial charge < -0.3 is 4.74 Å². The average molecular weight is 380 g/mol. The number of aliphatic imine (C=N–C) groups is 1. The smallest absolute Gasteiger partial charge is 0.119 e. The van der Waals surface area contributed by atoms with Gasteiger partial charge in [0, 0.05) is 6.21 Å². The van der Waals surface area contributed by atoms with Crippen LogP contribution in [0.5, 0.6) is 5.75 Å². The lowest BCUT2D eigenvalue weighted by molar-refractivity contribution is 0.304. The van der Waals surface area contributed by atoms with Crippen LogP contribution in [-0.2, 0) is 6.42 Å². The summed E-state index contributed by atoms with van der Waals surface area (Å²) in [6, 6.07) is 16.8. The molecule has 0 aromatic heterocycles. The van der Waals surface area contributed by atoms with E-state index in [0.717, 1.165) is 42.4 Å². The molecule has 1 atom stereocenters. The van der Waals surface area contributed by atoms with Gasteiger partial charge in [-0.05, 0) is 66.3 Å². The predicted octanol–water partition coefficient (Wildman–Crippen LogP) is 7.77. The molecule has 0 fully saturated rings. The van der Waals surface area contributed by atoms with E-state index in [-0.39, 0.29) is 0 Å². The second-order valence-electron chi connectivity index (χ2n) is 7.83. The molecule has 28 heavy (non-hydrogen) atoms. The summed E-state index contributed by atoms with van der Waals surface area (Å²) in [4.78, 5) is 4.59. The van der Waals surface area contributed by atoms with Crippen LogP contribution in [-0.4, -0.2) is 12.8 Å². The molecule has 0 amide bonds. The van der Waals surface area contributed by atoms with E-state index in [1.807, 2.05) is 18.3 Å². The van der Waals surface area contributed by atoms with Crippen LogP contribution in [0.25, 0.3) is 0 Å². The minimum atomic E-state index is 0.733. The maximum atomic E-state index is 5.84. The van der Waals surface area contributed by atoms with Crippen LogP contribution in [0.2, 0.25) is 0 Å². The maximum Gasteiger partial charge on any atom is 0.119 e. The van der Waals surface area contributed by atoms with Crippen LogP contribution in [0, 0.1) is 5.92 Å². The Morgan fingerprint density at radius 1 is 0.857 bits per heavy atom. The molecule has 1 unspecified atom stereocenters. The molecule has 0 aliphatic rings. The number of ether oxygens (including phenoxy) is 1. The first-order chi connectivity index (χ1) is 13.7. The van der Waals surface area contributed by atoms with Crippen LogP contribution in [0.15, 0.2) is 53.5 Å². The molecule has 0 aliphatic carbocycles. The molecule has 0 radical (unpaired) electrons. The molecule has 2 aromatic rings. The summed E-state index contributed by atoms with van der Waals surface area (Å²) >= 11 is 0. The van der Waals surface area contributed by atoms with Crippen molar-refractivity contribution >= 4 is 11.9 Å². The quantitative estimate of drug-likeness (QED) is 0.257. The van der Waals surface area contributed by atoms with Crippen LogP contribution in [0.1, 0.15) is 76.8 Å². The Labute approximate surface area is 172 Å². The molecule has 2 rings (SSSR count). The largest absolute Gasteiger partial charge is 0.494 e. The molecule has 2 aromatic carbocycles. The Kier molecular flexibility index (Phi) is 10.4. The van der Waals surface area contributed by atoms with Gasteiger partial charge >= 0.3 is 0 Å². The van der Waals surface area contributed by atoms with Crippen molar-refractivity contribution in [3.05, 3.63) is 59.7 Å². The van der Waals surface area contributed by atoms with Crippen molar-refractivity contribution < 1.29 is 4.74 Å².